The fourth-order valence-corrected chi connectivity index (χ4v) is 3.42. The number of hydrogen-bond donors (Lipinski definition) is 2. The van der Waals surface area contributed by atoms with Crippen LogP contribution in [0.5, 0.6) is 0 Å². The first kappa shape index (κ1) is 17.1. The van der Waals surface area contributed by atoms with E-state index < -0.39 is 5.60 Å². The lowest BCUT2D eigenvalue weighted by molar-refractivity contribution is 0.0475. The van der Waals surface area contributed by atoms with Crippen molar-refractivity contribution in [2.45, 2.75) is 65.1 Å². The third kappa shape index (κ3) is 4.63. The number of carbonyl (C=O) groups excluding carboxylic acids is 1. The molecule has 0 aliphatic heterocycles. The van der Waals surface area contributed by atoms with Crippen LogP contribution < -0.4 is 10.6 Å². The fourth-order valence-electron chi connectivity index (χ4n) is 2.63. The van der Waals surface area contributed by atoms with E-state index in [0.29, 0.717) is 6.04 Å². The van der Waals surface area contributed by atoms with Crippen molar-refractivity contribution in [2.24, 2.45) is 0 Å². The molecule has 2 N–H and O–H groups in total. The average Bonchev–Trinajstić information content (AvgIpc) is 2.27. The second-order valence-corrected chi connectivity index (χ2v) is 7.95. The van der Waals surface area contributed by atoms with Gasteiger partial charge in [-0.3, -0.25) is 0 Å². The molecule has 1 aliphatic carbocycles. The SMILES string of the molecule is Cc1cc(C)c(NC2CC(NC(=O)OC(C)(C)C)C2)c(Br)c1. The summed E-state index contributed by atoms with van der Waals surface area (Å²) in [5.41, 5.74) is 3.17. The number of benzene rings is 1. The number of ether oxygens (including phenoxy) is 1. The minimum absolute atomic E-state index is 0.192. The minimum Gasteiger partial charge on any atom is -0.444 e. The van der Waals surface area contributed by atoms with Crippen LogP contribution in [0.2, 0.25) is 0 Å². The van der Waals surface area contributed by atoms with Gasteiger partial charge in [0.05, 0.1) is 5.69 Å². The Labute approximate surface area is 141 Å². The summed E-state index contributed by atoms with van der Waals surface area (Å²) in [4.78, 5) is 11.7. The van der Waals surface area contributed by atoms with Gasteiger partial charge in [0.2, 0.25) is 0 Å². The van der Waals surface area contributed by atoms with Crippen LogP contribution in [0, 0.1) is 13.8 Å². The molecule has 1 amide bonds. The summed E-state index contributed by atoms with van der Waals surface area (Å²) in [5, 5.41) is 6.47. The summed E-state index contributed by atoms with van der Waals surface area (Å²) in [6.45, 7) is 9.81. The number of aryl methyl sites for hydroxylation is 2. The highest BCUT2D eigenvalue weighted by molar-refractivity contribution is 9.10. The third-order valence-corrected chi connectivity index (χ3v) is 4.26. The van der Waals surface area contributed by atoms with Gasteiger partial charge in [0, 0.05) is 16.6 Å². The Morgan fingerprint density at radius 2 is 1.86 bits per heavy atom. The molecule has 0 saturated heterocycles. The summed E-state index contributed by atoms with van der Waals surface area (Å²) >= 11 is 3.62. The molecular weight excluding hydrogens is 344 g/mol. The largest absolute Gasteiger partial charge is 0.444 e. The Morgan fingerprint density at radius 3 is 2.41 bits per heavy atom. The monoisotopic (exact) mass is 368 g/mol. The molecule has 2 rings (SSSR count). The maximum atomic E-state index is 11.7. The molecule has 22 heavy (non-hydrogen) atoms. The lowest BCUT2D eigenvalue weighted by atomic mass is 9.86. The van der Waals surface area contributed by atoms with Gasteiger partial charge in [0.25, 0.3) is 0 Å². The summed E-state index contributed by atoms with van der Waals surface area (Å²) in [6.07, 6.45) is 1.50. The number of carbonyl (C=O) groups is 1. The van der Waals surface area contributed by atoms with Crippen molar-refractivity contribution < 1.29 is 9.53 Å². The first-order chi connectivity index (χ1) is 10.1. The van der Waals surface area contributed by atoms with Gasteiger partial charge in [0.1, 0.15) is 5.60 Å². The van der Waals surface area contributed by atoms with Crippen LogP contribution in [0.1, 0.15) is 44.7 Å². The molecule has 1 aromatic rings. The number of halogens is 1. The van der Waals surface area contributed by atoms with Crippen molar-refractivity contribution in [3.8, 4) is 0 Å². The third-order valence-electron chi connectivity index (χ3n) is 3.64. The maximum Gasteiger partial charge on any atom is 0.407 e. The van der Waals surface area contributed by atoms with Crippen LogP contribution in [0.3, 0.4) is 0 Å². The van der Waals surface area contributed by atoms with Gasteiger partial charge in [-0.1, -0.05) is 6.07 Å². The topological polar surface area (TPSA) is 50.4 Å². The van der Waals surface area contributed by atoms with Crippen LogP contribution in [-0.4, -0.2) is 23.8 Å². The second kappa shape index (κ2) is 6.49. The van der Waals surface area contributed by atoms with E-state index in [9.17, 15) is 4.79 Å². The van der Waals surface area contributed by atoms with Crippen molar-refractivity contribution in [1.29, 1.82) is 0 Å². The normalized spacial score (nSPS) is 21.0. The zero-order valence-corrected chi connectivity index (χ0v) is 15.5. The Hall–Kier alpha value is -1.23. The smallest absolute Gasteiger partial charge is 0.407 e. The van der Waals surface area contributed by atoms with Gasteiger partial charge in [0.15, 0.2) is 0 Å². The maximum absolute atomic E-state index is 11.7. The van der Waals surface area contributed by atoms with E-state index in [4.69, 9.17) is 4.74 Å². The van der Waals surface area contributed by atoms with E-state index in [2.05, 4.69) is 52.5 Å². The minimum atomic E-state index is -0.449. The predicted octanol–water partition coefficient (Wildman–Crippen LogP) is 4.53. The summed E-state index contributed by atoms with van der Waals surface area (Å²) in [5.74, 6) is 0. The Bertz CT molecular complexity index is 537. The van der Waals surface area contributed by atoms with E-state index in [-0.39, 0.29) is 12.1 Å². The van der Waals surface area contributed by atoms with Crippen molar-refractivity contribution in [3.05, 3.63) is 27.7 Å². The Kier molecular flexibility index (Phi) is 5.05. The average molecular weight is 369 g/mol. The van der Waals surface area contributed by atoms with Crippen LogP contribution in [0.15, 0.2) is 16.6 Å². The molecule has 0 atom stereocenters. The lowest BCUT2D eigenvalue weighted by Crippen LogP contribution is -2.50. The van der Waals surface area contributed by atoms with E-state index in [1.807, 2.05) is 20.8 Å². The number of rotatable bonds is 3. The van der Waals surface area contributed by atoms with Crippen LogP contribution in [0.25, 0.3) is 0 Å². The summed E-state index contributed by atoms with van der Waals surface area (Å²) in [6, 6.07) is 4.86. The summed E-state index contributed by atoms with van der Waals surface area (Å²) < 4.78 is 6.36. The first-order valence-corrected chi connectivity index (χ1v) is 8.46. The molecule has 1 saturated carbocycles. The molecule has 1 fully saturated rings. The molecule has 122 valence electrons. The van der Waals surface area contributed by atoms with Crippen molar-refractivity contribution in [1.82, 2.24) is 5.32 Å². The fraction of sp³-hybridized carbons (Fsp3) is 0.588. The van der Waals surface area contributed by atoms with Gasteiger partial charge < -0.3 is 15.4 Å². The number of nitrogens with one attached hydrogen (secondary N) is 2. The molecule has 5 heteroatoms. The van der Waals surface area contributed by atoms with Gasteiger partial charge in [-0.15, -0.1) is 0 Å². The predicted molar refractivity (Wildman–Crippen MR) is 93.4 cm³/mol. The van der Waals surface area contributed by atoms with Crippen molar-refractivity contribution in [2.75, 3.05) is 5.32 Å². The molecule has 0 aromatic heterocycles. The van der Waals surface area contributed by atoms with Crippen LogP contribution >= 0.6 is 15.9 Å². The highest BCUT2D eigenvalue weighted by atomic mass is 79.9. The molecular formula is C17H25BrN2O2. The van der Waals surface area contributed by atoms with Crippen LogP contribution in [0.4, 0.5) is 10.5 Å². The molecule has 0 radical (unpaired) electrons. The number of hydrogen-bond acceptors (Lipinski definition) is 3. The van der Waals surface area contributed by atoms with E-state index in [1.165, 1.54) is 11.1 Å². The van der Waals surface area contributed by atoms with Gasteiger partial charge >= 0.3 is 6.09 Å². The highest BCUT2D eigenvalue weighted by Gasteiger charge is 2.32. The van der Waals surface area contributed by atoms with E-state index in [1.54, 1.807) is 0 Å². The quantitative estimate of drug-likeness (QED) is 0.823. The van der Waals surface area contributed by atoms with Crippen LogP contribution in [-0.2, 0) is 4.74 Å². The molecule has 0 bridgehead atoms. The van der Waals surface area contributed by atoms with E-state index >= 15 is 0 Å². The number of amides is 1. The molecule has 4 nitrogen and oxygen atoms in total. The molecule has 0 spiro atoms. The van der Waals surface area contributed by atoms with Crippen molar-refractivity contribution in [3.63, 3.8) is 0 Å². The molecule has 1 aliphatic rings. The van der Waals surface area contributed by atoms with Crippen molar-refractivity contribution >= 4 is 27.7 Å². The molecule has 0 unspecified atom stereocenters. The Morgan fingerprint density at radius 1 is 1.23 bits per heavy atom. The molecule has 0 heterocycles. The summed E-state index contributed by atoms with van der Waals surface area (Å²) in [7, 11) is 0. The lowest BCUT2D eigenvalue weighted by Gasteiger charge is -2.37. The standard InChI is InChI=1S/C17H25BrN2O2/c1-10-6-11(2)15(14(18)7-10)19-12-8-13(9-12)20-16(21)22-17(3,4)5/h6-7,12-13,19H,8-9H2,1-5H3,(H,20,21). The number of anilines is 1. The zero-order chi connectivity index (χ0) is 16.5. The van der Waals surface area contributed by atoms with Gasteiger partial charge in [-0.2, -0.15) is 0 Å². The van der Waals surface area contributed by atoms with E-state index in [0.717, 1.165) is 23.0 Å². The van der Waals surface area contributed by atoms with Gasteiger partial charge in [-0.25, -0.2) is 4.79 Å². The van der Waals surface area contributed by atoms with Gasteiger partial charge in [-0.05, 0) is 80.6 Å². The zero-order valence-electron chi connectivity index (χ0n) is 13.9. The first-order valence-electron chi connectivity index (χ1n) is 7.67. The highest BCUT2D eigenvalue weighted by Crippen LogP contribution is 2.32. The number of alkyl carbamates (subject to hydrolysis) is 1. The molecule has 1 aromatic carbocycles. The Balaban J connectivity index is 1.82. The second-order valence-electron chi connectivity index (χ2n) is 7.09.